The third-order valence-electron chi connectivity index (χ3n) is 4.01. The summed E-state index contributed by atoms with van der Waals surface area (Å²) in [5.41, 5.74) is 5.69. The van der Waals surface area contributed by atoms with Crippen LogP contribution in [0.4, 0.5) is 0 Å². The van der Waals surface area contributed by atoms with Crippen molar-refractivity contribution in [3.63, 3.8) is 0 Å². The molecule has 3 rings (SSSR count). The van der Waals surface area contributed by atoms with Crippen LogP contribution in [0.5, 0.6) is 0 Å². The number of nitrogens with zero attached hydrogens (tertiary/aromatic N) is 2. The number of benzene rings is 1. The van der Waals surface area contributed by atoms with Gasteiger partial charge in [0.25, 0.3) is 5.56 Å². The highest BCUT2D eigenvalue weighted by atomic mass is 32.2. The maximum absolute atomic E-state index is 12.2. The predicted octanol–water partition coefficient (Wildman–Crippen LogP) is 2.67. The molecule has 1 aromatic carbocycles. The van der Waals surface area contributed by atoms with E-state index in [1.54, 1.807) is 0 Å². The fourth-order valence-electron chi connectivity index (χ4n) is 3.11. The van der Waals surface area contributed by atoms with Crippen molar-refractivity contribution in [3.05, 3.63) is 56.5 Å². The first kappa shape index (κ1) is 15.3. The summed E-state index contributed by atoms with van der Waals surface area (Å²) >= 11 is 1.48. The van der Waals surface area contributed by atoms with Gasteiger partial charge in [-0.05, 0) is 25.7 Å². The van der Waals surface area contributed by atoms with Gasteiger partial charge in [0.2, 0.25) is 0 Å². The molecular weight excluding hydrogens is 294 g/mol. The summed E-state index contributed by atoms with van der Waals surface area (Å²) in [6.07, 6.45) is 2.78. The monoisotopic (exact) mass is 315 g/mol. The van der Waals surface area contributed by atoms with Gasteiger partial charge in [-0.3, -0.25) is 9.69 Å². The number of fused-ring (bicyclic) bond motifs is 1. The standard InChI is InChI=1S/C17H21N3OS/c1-11-6-12(2)8-13(7-11)9-20-5-4-15-14(10-20)16(21)19-17(18-15)22-3/h6-8H,4-5,9-10H2,1-3H3,(H,18,19,21). The fourth-order valence-corrected chi connectivity index (χ4v) is 3.50. The number of H-pyrrole nitrogens is 1. The van der Waals surface area contributed by atoms with Gasteiger partial charge in [0.15, 0.2) is 5.16 Å². The number of hydrogen-bond acceptors (Lipinski definition) is 4. The van der Waals surface area contributed by atoms with Crippen molar-refractivity contribution in [3.8, 4) is 0 Å². The maximum Gasteiger partial charge on any atom is 0.256 e. The van der Waals surface area contributed by atoms with Gasteiger partial charge in [0.1, 0.15) is 0 Å². The maximum atomic E-state index is 12.2. The van der Waals surface area contributed by atoms with Gasteiger partial charge < -0.3 is 4.98 Å². The van der Waals surface area contributed by atoms with E-state index in [-0.39, 0.29) is 5.56 Å². The molecule has 1 aliphatic rings. The molecule has 2 heterocycles. The Morgan fingerprint density at radius 1 is 1.27 bits per heavy atom. The van der Waals surface area contributed by atoms with Crippen LogP contribution in [0.25, 0.3) is 0 Å². The van der Waals surface area contributed by atoms with E-state index in [1.807, 2.05) is 6.26 Å². The first-order chi connectivity index (χ1) is 10.5. The topological polar surface area (TPSA) is 49.0 Å². The second-order valence-electron chi connectivity index (χ2n) is 5.96. The molecule has 116 valence electrons. The zero-order valence-corrected chi connectivity index (χ0v) is 14.1. The summed E-state index contributed by atoms with van der Waals surface area (Å²) in [4.78, 5) is 21.9. The van der Waals surface area contributed by atoms with E-state index in [0.29, 0.717) is 11.7 Å². The second-order valence-corrected chi connectivity index (χ2v) is 6.75. The number of aromatic nitrogens is 2. The summed E-state index contributed by atoms with van der Waals surface area (Å²) in [5.74, 6) is 0. The minimum atomic E-state index is 0.0134. The minimum absolute atomic E-state index is 0.0134. The largest absolute Gasteiger partial charge is 0.301 e. The molecule has 1 N–H and O–H groups in total. The summed E-state index contributed by atoms with van der Waals surface area (Å²) in [5, 5.41) is 0.714. The zero-order chi connectivity index (χ0) is 15.7. The van der Waals surface area contributed by atoms with Crippen molar-refractivity contribution in [2.45, 2.75) is 38.5 Å². The Morgan fingerprint density at radius 3 is 2.68 bits per heavy atom. The lowest BCUT2D eigenvalue weighted by molar-refractivity contribution is 0.241. The average molecular weight is 315 g/mol. The molecule has 0 fully saturated rings. The zero-order valence-electron chi connectivity index (χ0n) is 13.3. The van der Waals surface area contributed by atoms with E-state index in [4.69, 9.17) is 0 Å². The summed E-state index contributed by atoms with van der Waals surface area (Å²) in [6.45, 7) is 6.76. The van der Waals surface area contributed by atoms with Crippen LogP contribution >= 0.6 is 11.8 Å². The highest BCUT2D eigenvalue weighted by molar-refractivity contribution is 7.98. The number of thioether (sulfide) groups is 1. The highest BCUT2D eigenvalue weighted by Crippen LogP contribution is 2.19. The lowest BCUT2D eigenvalue weighted by Gasteiger charge is -2.27. The molecule has 1 aliphatic heterocycles. The average Bonchev–Trinajstić information content (AvgIpc) is 2.46. The Balaban J connectivity index is 1.81. The smallest absolute Gasteiger partial charge is 0.256 e. The van der Waals surface area contributed by atoms with Gasteiger partial charge in [0, 0.05) is 26.1 Å². The van der Waals surface area contributed by atoms with Crippen molar-refractivity contribution in [2.75, 3.05) is 12.8 Å². The van der Waals surface area contributed by atoms with E-state index in [0.717, 1.165) is 30.8 Å². The summed E-state index contributed by atoms with van der Waals surface area (Å²) in [6, 6.07) is 6.64. The van der Waals surface area contributed by atoms with Gasteiger partial charge in [-0.15, -0.1) is 0 Å². The van der Waals surface area contributed by atoms with Gasteiger partial charge in [-0.1, -0.05) is 41.1 Å². The Hall–Kier alpha value is -1.59. The molecule has 0 atom stereocenters. The fraction of sp³-hybridized carbons (Fsp3) is 0.412. The molecule has 1 aromatic heterocycles. The molecule has 5 heteroatoms. The molecule has 0 unspecified atom stereocenters. The summed E-state index contributed by atoms with van der Waals surface area (Å²) < 4.78 is 0. The van der Waals surface area contributed by atoms with Crippen molar-refractivity contribution < 1.29 is 0 Å². The Morgan fingerprint density at radius 2 is 2.00 bits per heavy atom. The molecule has 0 saturated carbocycles. The summed E-state index contributed by atoms with van der Waals surface area (Å²) in [7, 11) is 0. The molecule has 0 amide bonds. The van der Waals surface area contributed by atoms with Gasteiger partial charge in [-0.2, -0.15) is 0 Å². The first-order valence-electron chi connectivity index (χ1n) is 7.51. The number of aryl methyl sites for hydroxylation is 2. The van der Waals surface area contributed by atoms with E-state index in [1.165, 1.54) is 28.5 Å². The van der Waals surface area contributed by atoms with E-state index in [2.05, 4.69) is 46.9 Å². The first-order valence-corrected chi connectivity index (χ1v) is 8.73. The third-order valence-corrected chi connectivity index (χ3v) is 4.59. The molecule has 0 bridgehead atoms. The molecule has 2 aromatic rings. The second kappa shape index (κ2) is 6.26. The van der Waals surface area contributed by atoms with Crippen molar-refractivity contribution in [2.24, 2.45) is 0 Å². The van der Waals surface area contributed by atoms with Crippen molar-refractivity contribution in [1.82, 2.24) is 14.9 Å². The van der Waals surface area contributed by atoms with E-state index >= 15 is 0 Å². The van der Waals surface area contributed by atoms with Crippen molar-refractivity contribution in [1.29, 1.82) is 0 Å². The molecule has 4 nitrogen and oxygen atoms in total. The lowest BCUT2D eigenvalue weighted by atomic mass is 10.0. The van der Waals surface area contributed by atoms with Gasteiger partial charge in [-0.25, -0.2) is 4.98 Å². The quantitative estimate of drug-likeness (QED) is 0.699. The van der Waals surface area contributed by atoms with Crippen LogP contribution in [0.15, 0.2) is 28.2 Å². The van der Waals surface area contributed by atoms with Crippen LogP contribution in [0, 0.1) is 13.8 Å². The Bertz CT molecular complexity index is 734. The van der Waals surface area contributed by atoms with Crippen molar-refractivity contribution >= 4 is 11.8 Å². The normalized spacial score (nSPS) is 14.9. The van der Waals surface area contributed by atoms with E-state index in [9.17, 15) is 4.79 Å². The Kier molecular flexibility index (Phi) is 4.36. The van der Waals surface area contributed by atoms with Gasteiger partial charge >= 0.3 is 0 Å². The molecule has 0 saturated heterocycles. The number of rotatable bonds is 3. The number of aromatic amines is 1. The minimum Gasteiger partial charge on any atom is -0.301 e. The SMILES string of the molecule is CSc1nc2c(c(=O)[nH]1)CN(Cc1cc(C)cc(C)c1)CC2. The van der Waals surface area contributed by atoms with Crippen LogP contribution < -0.4 is 5.56 Å². The Labute approximate surface area is 135 Å². The molecule has 0 spiro atoms. The van der Waals surface area contributed by atoms with Gasteiger partial charge in [0.05, 0.1) is 11.3 Å². The van der Waals surface area contributed by atoms with Crippen LogP contribution in [-0.2, 0) is 19.5 Å². The molecule has 22 heavy (non-hydrogen) atoms. The van der Waals surface area contributed by atoms with Crippen LogP contribution in [0.1, 0.15) is 27.9 Å². The molecular formula is C17H21N3OS. The highest BCUT2D eigenvalue weighted by Gasteiger charge is 2.21. The third kappa shape index (κ3) is 3.25. The molecule has 0 aliphatic carbocycles. The van der Waals surface area contributed by atoms with E-state index < -0.39 is 0 Å². The van der Waals surface area contributed by atoms with Crippen LogP contribution in [0.3, 0.4) is 0 Å². The van der Waals surface area contributed by atoms with Crippen LogP contribution in [-0.4, -0.2) is 27.7 Å². The predicted molar refractivity (Wildman–Crippen MR) is 90.4 cm³/mol. The van der Waals surface area contributed by atoms with Crippen LogP contribution in [0.2, 0.25) is 0 Å². The number of nitrogens with one attached hydrogen (secondary N) is 1. The lowest BCUT2D eigenvalue weighted by Crippen LogP contribution is -2.35. The number of hydrogen-bond donors (Lipinski definition) is 1. The molecule has 0 radical (unpaired) electrons.